The summed E-state index contributed by atoms with van der Waals surface area (Å²) in [6.07, 6.45) is 1.49. The summed E-state index contributed by atoms with van der Waals surface area (Å²) in [6, 6.07) is 15.5. The normalized spacial score (nSPS) is 18.2. The van der Waals surface area contributed by atoms with E-state index in [-0.39, 0.29) is 22.4 Å². The third-order valence-electron chi connectivity index (χ3n) is 6.44. The fourth-order valence-corrected chi connectivity index (χ4v) is 4.71. The van der Waals surface area contributed by atoms with E-state index in [9.17, 15) is 14.9 Å². The first-order chi connectivity index (χ1) is 15.0. The van der Waals surface area contributed by atoms with Gasteiger partial charge in [-0.2, -0.15) is 0 Å². The van der Waals surface area contributed by atoms with Crippen LogP contribution in [-0.4, -0.2) is 59.9 Å². The van der Waals surface area contributed by atoms with Crippen molar-refractivity contribution < 1.29 is 9.72 Å². The number of benzene rings is 2. The van der Waals surface area contributed by atoms with E-state index in [4.69, 9.17) is 0 Å². The molecule has 31 heavy (non-hydrogen) atoms. The topological polar surface area (TPSA) is 69.9 Å². The summed E-state index contributed by atoms with van der Waals surface area (Å²) < 4.78 is 0. The number of piperidine rings is 1. The lowest BCUT2D eigenvalue weighted by Gasteiger charge is -2.39. The largest absolute Gasteiger partial charge is 0.366 e. The molecule has 0 bridgehead atoms. The highest BCUT2D eigenvalue weighted by Gasteiger charge is 2.32. The Hall–Kier alpha value is -2.93. The predicted molar refractivity (Wildman–Crippen MR) is 121 cm³/mol. The monoisotopic (exact) mass is 422 g/mol. The molecule has 0 aliphatic carbocycles. The number of para-hydroxylation sites is 2. The van der Waals surface area contributed by atoms with Gasteiger partial charge in [0.05, 0.1) is 4.92 Å². The number of anilines is 1. The van der Waals surface area contributed by atoms with E-state index in [2.05, 4.69) is 36.1 Å². The molecule has 0 unspecified atom stereocenters. The Morgan fingerprint density at radius 3 is 2.39 bits per heavy atom. The summed E-state index contributed by atoms with van der Waals surface area (Å²) in [5.41, 5.74) is 3.39. The minimum Gasteiger partial charge on any atom is -0.366 e. The molecule has 4 rings (SSSR count). The maximum atomic E-state index is 13.1. The lowest BCUT2D eigenvalue weighted by atomic mass is 9.94. The molecule has 2 aliphatic rings. The van der Waals surface area contributed by atoms with Gasteiger partial charge in [-0.3, -0.25) is 19.8 Å². The van der Waals surface area contributed by atoms with Crippen LogP contribution in [0.3, 0.4) is 0 Å². The average molecular weight is 423 g/mol. The smallest absolute Gasteiger partial charge is 0.292 e. The average Bonchev–Trinajstić information content (AvgIpc) is 2.79. The second-order valence-electron chi connectivity index (χ2n) is 8.60. The number of hydrogen-bond donors (Lipinski definition) is 0. The van der Waals surface area contributed by atoms with E-state index in [1.807, 2.05) is 15.9 Å². The minimum absolute atomic E-state index is 0.0161. The molecule has 0 spiro atoms. The molecule has 0 radical (unpaired) electrons. The fraction of sp³-hybridized carbons (Fsp3) is 0.458. The van der Waals surface area contributed by atoms with Crippen molar-refractivity contribution in [2.45, 2.75) is 26.3 Å². The number of carbonyl (C=O) groups excluding carboxylic acids is 1. The van der Waals surface area contributed by atoms with Crippen LogP contribution in [0.25, 0.3) is 0 Å². The highest BCUT2D eigenvalue weighted by molar-refractivity contribution is 5.79. The van der Waals surface area contributed by atoms with Gasteiger partial charge in [0, 0.05) is 57.8 Å². The summed E-state index contributed by atoms with van der Waals surface area (Å²) in [5, 5.41) is 11.3. The Morgan fingerprint density at radius 2 is 1.71 bits per heavy atom. The maximum Gasteiger partial charge on any atom is 0.292 e. The van der Waals surface area contributed by atoms with Gasteiger partial charge in [0.15, 0.2) is 0 Å². The Bertz CT molecular complexity index is 932. The van der Waals surface area contributed by atoms with Crippen molar-refractivity contribution in [3.63, 3.8) is 0 Å². The Balaban J connectivity index is 1.27. The van der Waals surface area contributed by atoms with E-state index in [1.165, 1.54) is 11.1 Å². The Morgan fingerprint density at radius 1 is 1.00 bits per heavy atom. The molecule has 2 aromatic rings. The van der Waals surface area contributed by atoms with Crippen LogP contribution in [0.4, 0.5) is 11.4 Å². The summed E-state index contributed by atoms with van der Waals surface area (Å²) in [7, 11) is 0. The first kappa shape index (κ1) is 21.3. The van der Waals surface area contributed by atoms with Crippen LogP contribution in [0.2, 0.25) is 0 Å². The molecule has 7 heteroatoms. The summed E-state index contributed by atoms with van der Waals surface area (Å²) in [4.78, 5) is 30.5. The van der Waals surface area contributed by atoms with Crippen molar-refractivity contribution in [3.05, 3.63) is 69.8 Å². The van der Waals surface area contributed by atoms with Gasteiger partial charge in [0.2, 0.25) is 5.91 Å². The molecule has 0 aromatic heterocycles. The molecular weight excluding hydrogens is 392 g/mol. The fourth-order valence-electron chi connectivity index (χ4n) is 4.71. The van der Waals surface area contributed by atoms with Crippen molar-refractivity contribution >= 4 is 17.3 Å². The molecule has 0 N–H and O–H groups in total. The minimum atomic E-state index is -0.331. The Kier molecular flexibility index (Phi) is 6.51. The van der Waals surface area contributed by atoms with Crippen LogP contribution in [0.15, 0.2) is 48.5 Å². The van der Waals surface area contributed by atoms with Crippen molar-refractivity contribution in [3.8, 4) is 0 Å². The molecule has 1 amide bonds. The number of nitrogens with zero attached hydrogens (tertiary/aromatic N) is 4. The van der Waals surface area contributed by atoms with Gasteiger partial charge in [-0.15, -0.1) is 0 Å². The number of rotatable bonds is 5. The molecule has 0 atom stereocenters. The first-order valence-corrected chi connectivity index (χ1v) is 11.1. The number of nitro benzene ring substituents is 1. The predicted octanol–water partition coefficient (Wildman–Crippen LogP) is 3.46. The highest BCUT2D eigenvalue weighted by Crippen LogP contribution is 2.31. The molecule has 7 nitrogen and oxygen atoms in total. The highest BCUT2D eigenvalue weighted by atomic mass is 16.6. The molecule has 2 heterocycles. The van der Waals surface area contributed by atoms with E-state index in [0.29, 0.717) is 18.8 Å². The molecular formula is C24H30N4O3. The van der Waals surface area contributed by atoms with Gasteiger partial charge in [0.1, 0.15) is 5.69 Å². The number of piperazine rings is 1. The Labute approximate surface area is 183 Å². The van der Waals surface area contributed by atoms with Crippen molar-refractivity contribution in [1.82, 2.24) is 9.80 Å². The zero-order chi connectivity index (χ0) is 21.8. The van der Waals surface area contributed by atoms with Crippen LogP contribution in [0.1, 0.15) is 24.0 Å². The van der Waals surface area contributed by atoms with Gasteiger partial charge in [0.25, 0.3) is 5.69 Å². The van der Waals surface area contributed by atoms with Gasteiger partial charge >= 0.3 is 0 Å². The molecule has 164 valence electrons. The number of amides is 1. The summed E-state index contributed by atoms with van der Waals surface area (Å²) in [6.45, 7) is 7.73. The third kappa shape index (κ3) is 5.05. The lowest BCUT2D eigenvalue weighted by Crippen LogP contribution is -2.51. The zero-order valence-corrected chi connectivity index (χ0v) is 18.1. The second-order valence-corrected chi connectivity index (χ2v) is 8.60. The second kappa shape index (κ2) is 9.47. The van der Waals surface area contributed by atoms with E-state index in [0.717, 1.165) is 45.6 Å². The van der Waals surface area contributed by atoms with E-state index >= 15 is 0 Å². The number of hydrogen-bond acceptors (Lipinski definition) is 5. The number of carbonyl (C=O) groups is 1. The number of aryl methyl sites for hydroxylation is 1. The van der Waals surface area contributed by atoms with Crippen LogP contribution >= 0.6 is 0 Å². The standard InChI is InChI=1S/C24H30N4O3/c1-19-5-4-6-20(17-19)18-25-13-15-27(16-14-25)24(29)21-9-11-26(12-10-21)22-7-2-3-8-23(22)28(30)31/h2-8,17,21H,9-16,18H2,1H3. The first-order valence-electron chi connectivity index (χ1n) is 11.1. The van der Waals surface area contributed by atoms with Crippen molar-refractivity contribution in [2.75, 3.05) is 44.2 Å². The van der Waals surface area contributed by atoms with Crippen LogP contribution < -0.4 is 4.90 Å². The maximum absolute atomic E-state index is 13.1. The summed E-state index contributed by atoms with van der Waals surface area (Å²) in [5.74, 6) is 0.264. The van der Waals surface area contributed by atoms with Gasteiger partial charge in [-0.25, -0.2) is 0 Å². The summed E-state index contributed by atoms with van der Waals surface area (Å²) >= 11 is 0. The molecule has 2 fully saturated rings. The molecule has 0 saturated carbocycles. The SMILES string of the molecule is Cc1cccc(CN2CCN(C(=O)C3CCN(c4ccccc4[N+](=O)[O-])CC3)CC2)c1. The van der Waals surface area contributed by atoms with Crippen LogP contribution in [-0.2, 0) is 11.3 Å². The molecule has 2 aromatic carbocycles. The van der Waals surface area contributed by atoms with Crippen molar-refractivity contribution in [2.24, 2.45) is 5.92 Å². The van der Waals surface area contributed by atoms with Crippen molar-refractivity contribution in [1.29, 1.82) is 0 Å². The van der Waals surface area contributed by atoms with Gasteiger partial charge < -0.3 is 9.80 Å². The molecule has 2 aliphatic heterocycles. The van der Waals surface area contributed by atoms with Crippen LogP contribution in [0, 0.1) is 23.0 Å². The quantitative estimate of drug-likeness (QED) is 0.545. The van der Waals surface area contributed by atoms with Crippen LogP contribution in [0.5, 0.6) is 0 Å². The van der Waals surface area contributed by atoms with Gasteiger partial charge in [-0.1, -0.05) is 42.0 Å². The number of nitro groups is 1. The lowest BCUT2D eigenvalue weighted by molar-refractivity contribution is -0.384. The van der Waals surface area contributed by atoms with E-state index in [1.54, 1.807) is 18.2 Å². The molecule has 2 saturated heterocycles. The van der Waals surface area contributed by atoms with Gasteiger partial charge in [-0.05, 0) is 31.4 Å². The zero-order valence-electron chi connectivity index (χ0n) is 18.1. The third-order valence-corrected chi connectivity index (χ3v) is 6.44. The van der Waals surface area contributed by atoms with E-state index < -0.39 is 0 Å².